The van der Waals surface area contributed by atoms with Gasteiger partial charge in [0.1, 0.15) is 0 Å². The van der Waals surface area contributed by atoms with E-state index < -0.39 is 11.9 Å². The normalized spacial score (nSPS) is 11.8. The van der Waals surface area contributed by atoms with Crippen LogP contribution in [0.4, 0.5) is 13.2 Å². The van der Waals surface area contributed by atoms with E-state index in [4.69, 9.17) is 0 Å². The number of aromatic nitrogens is 1. The van der Waals surface area contributed by atoms with E-state index in [1.165, 1.54) is 5.56 Å². The molecule has 0 radical (unpaired) electrons. The molecule has 25 heavy (non-hydrogen) atoms. The Balaban J connectivity index is 0.00000312. The van der Waals surface area contributed by atoms with Crippen molar-refractivity contribution in [3.05, 3.63) is 51.5 Å². The molecule has 0 spiro atoms. The van der Waals surface area contributed by atoms with Gasteiger partial charge in [0.15, 0.2) is 11.7 Å². The van der Waals surface area contributed by atoms with E-state index in [0.717, 1.165) is 22.3 Å². The van der Waals surface area contributed by atoms with E-state index in [1.54, 1.807) is 7.05 Å². The molecule has 0 atom stereocenters. The second-order valence-corrected chi connectivity index (χ2v) is 6.16. The van der Waals surface area contributed by atoms with Crippen molar-refractivity contribution in [2.24, 2.45) is 4.99 Å². The Morgan fingerprint density at radius 2 is 1.88 bits per heavy atom. The van der Waals surface area contributed by atoms with Gasteiger partial charge in [-0.3, -0.25) is 4.99 Å². The second-order valence-electron chi connectivity index (χ2n) is 5.21. The topological polar surface area (TPSA) is 49.3 Å². The minimum atomic E-state index is -4.38. The van der Waals surface area contributed by atoms with Crippen molar-refractivity contribution in [1.82, 2.24) is 15.6 Å². The molecular formula is C16H20F3IN4S. The number of hydrogen-bond acceptors (Lipinski definition) is 3. The zero-order chi connectivity index (χ0) is 17.6. The zero-order valence-corrected chi connectivity index (χ0v) is 17.0. The summed E-state index contributed by atoms with van der Waals surface area (Å²) in [5.74, 6) is 0.600. The smallest absolute Gasteiger partial charge is 0.356 e. The van der Waals surface area contributed by atoms with Crippen LogP contribution in [0.3, 0.4) is 0 Å². The minimum Gasteiger partial charge on any atom is -0.356 e. The van der Waals surface area contributed by atoms with Gasteiger partial charge < -0.3 is 10.6 Å². The van der Waals surface area contributed by atoms with Crippen LogP contribution in [0, 0.1) is 6.92 Å². The van der Waals surface area contributed by atoms with Crippen LogP contribution >= 0.6 is 35.3 Å². The Morgan fingerprint density at radius 1 is 1.20 bits per heavy atom. The molecule has 0 bridgehead atoms. The summed E-state index contributed by atoms with van der Waals surface area (Å²) >= 11 is 1.02. The van der Waals surface area contributed by atoms with Crippen LogP contribution in [0.25, 0.3) is 0 Å². The number of benzene rings is 1. The summed E-state index contributed by atoms with van der Waals surface area (Å²) < 4.78 is 37.5. The number of nitrogens with one attached hydrogen (secondary N) is 2. The molecule has 2 rings (SSSR count). The van der Waals surface area contributed by atoms with Crippen molar-refractivity contribution in [3.63, 3.8) is 0 Å². The summed E-state index contributed by atoms with van der Waals surface area (Å²) in [4.78, 5) is 7.69. The van der Waals surface area contributed by atoms with Gasteiger partial charge in [-0.1, -0.05) is 29.8 Å². The summed E-state index contributed by atoms with van der Waals surface area (Å²) in [5.41, 5.74) is 1.49. The Morgan fingerprint density at radius 3 is 2.44 bits per heavy atom. The monoisotopic (exact) mass is 484 g/mol. The maximum absolute atomic E-state index is 12.5. The highest BCUT2D eigenvalue weighted by Crippen LogP contribution is 2.29. The number of thiazole rings is 1. The Hall–Kier alpha value is -1.36. The van der Waals surface area contributed by atoms with E-state index in [2.05, 4.69) is 20.6 Å². The lowest BCUT2D eigenvalue weighted by Crippen LogP contribution is -2.37. The van der Waals surface area contributed by atoms with Crippen molar-refractivity contribution in [2.75, 3.05) is 13.6 Å². The van der Waals surface area contributed by atoms with E-state index in [9.17, 15) is 13.2 Å². The van der Waals surface area contributed by atoms with E-state index in [1.807, 2.05) is 31.2 Å². The molecule has 0 saturated heterocycles. The maximum atomic E-state index is 12.5. The number of guanidine groups is 1. The number of hydrogen-bond donors (Lipinski definition) is 2. The number of alkyl halides is 3. The van der Waals surface area contributed by atoms with Crippen molar-refractivity contribution in [2.45, 2.75) is 26.1 Å². The van der Waals surface area contributed by atoms with Gasteiger partial charge in [0.25, 0.3) is 0 Å². The van der Waals surface area contributed by atoms with Gasteiger partial charge in [-0.25, -0.2) is 4.98 Å². The fourth-order valence-corrected chi connectivity index (χ4v) is 2.76. The maximum Gasteiger partial charge on any atom is 0.434 e. The second kappa shape index (κ2) is 9.95. The predicted molar refractivity (Wildman–Crippen MR) is 106 cm³/mol. The lowest BCUT2D eigenvalue weighted by atomic mass is 10.1. The van der Waals surface area contributed by atoms with Crippen molar-refractivity contribution >= 4 is 41.3 Å². The quantitative estimate of drug-likeness (QED) is 0.384. The number of rotatable bonds is 5. The number of halogens is 4. The van der Waals surface area contributed by atoms with Crippen molar-refractivity contribution in [1.29, 1.82) is 0 Å². The molecular weight excluding hydrogens is 464 g/mol. The minimum absolute atomic E-state index is 0. The van der Waals surface area contributed by atoms with Crippen LogP contribution in [0.5, 0.6) is 0 Å². The summed E-state index contributed by atoms with van der Waals surface area (Å²) in [7, 11) is 1.65. The van der Waals surface area contributed by atoms with Crippen LogP contribution in [-0.4, -0.2) is 24.5 Å². The summed E-state index contributed by atoms with van der Waals surface area (Å²) in [5, 5.41) is 7.72. The molecule has 0 fully saturated rings. The Labute approximate surface area is 166 Å². The highest BCUT2D eigenvalue weighted by atomic mass is 127. The van der Waals surface area contributed by atoms with Gasteiger partial charge >= 0.3 is 6.18 Å². The SMILES string of the molecule is CN=C(NCCc1nc(C(F)(F)F)cs1)NCc1ccc(C)cc1.I. The molecule has 0 aliphatic carbocycles. The molecule has 138 valence electrons. The molecule has 9 heteroatoms. The summed E-state index contributed by atoms with van der Waals surface area (Å²) in [6.07, 6.45) is -3.97. The fourth-order valence-electron chi connectivity index (χ4n) is 1.96. The van der Waals surface area contributed by atoms with Gasteiger partial charge in [0, 0.05) is 31.9 Å². The third kappa shape index (κ3) is 7.18. The summed E-state index contributed by atoms with van der Waals surface area (Å²) in [6.45, 7) is 3.11. The first-order valence-corrected chi connectivity index (χ1v) is 8.28. The van der Waals surface area contributed by atoms with Gasteiger partial charge in [-0.05, 0) is 12.5 Å². The van der Waals surface area contributed by atoms with E-state index in [-0.39, 0.29) is 24.0 Å². The molecule has 2 N–H and O–H groups in total. The first-order chi connectivity index (χ1) is 11.4. The molecule has 1 aromatic heterocycles. The van der Waals surface area contributed by atoms with E-state index in [0.29, 0.717) is 30.5 Å². The third-order valence-electron chi connectivity index (χ3n) is 3.28. The van der Waals surface area contributed by atoms with Gasteiger partial charge in [0.2, 0.25) is 0 Å². The number of aliphatic imine (C=N–C) groups is 1. The van der Waals surface area contributed by atoms with Crippen molar-refractivity contribution < 1.29 is 13.2 Å². The third-order valence-corrected chi connectivity index (χ3v) is 4.19. The fraction of sp³-hybridized carbons (Fsp3) is 0.375. The molecule has 4 nitrogen and oxygen atoms in total. The first kappa shape index (κ1) is 21.7. The average molecular weight is 484 g/mol. The van der Waals surface area contributed by atoms with Gasteiger partial charge in [-0.2, -0.15) is 13.2 Å². The highest BCUT2D eigenvalue weighted by Gasteiger charge is 2.33. The van der Waals surface area contributed by atoms with Gasteiger partial charge in [-0.15, -0.1) is 35.3 Å². The highest BCUT2D eigenvalue weighted by molar-refractivity contribution is 14.0. The van der Waals surface area contributed by atoms with Crippen molar-refractivity contribution in [3.8, 4) is 0 Å². The predicted octanol–water partition coefficient (Wildman–Crippen LogP) is 4.00. The van der Waals surface area contributed by atoms with Crippen LogP contribution in [-0.2, 0) is 19.1 Å². The molecule has 0 amide bonds. The standard InChI is InChI=1S/C16H19F3N4S.HI/c1-11-3-5-12(6-4-11)9-22-15(20-2)21-8-7-14-23-13(10-24-14)16(17,18)19;/h3-6,10H,7-9H2,1-2H3,(H2,20,21,22);1H. The van der Waals surface area contributed by atoms with Crippen LogP contribution < -0.4 is 10.6 Å². The zero-order valence-electron chi connectivity index (χ0n) is 13.9. The lowest BCUT2D eigenvalue weighted by Gasteiger charge is -2.11. The average Bonchev–Trinajstić information content (AvgIpc) is 3.01. The van der Waals surface area contributed by atoms with Crippen LogP contribution in [0.1, 0.15) is 21.8 Å². The molecule has 1 heterocycles. The largest absolute Gasteiger partial charge is 0.434 e. The number of aryl methyl sites for hydroxylation is 1. The lowest BCUT2D eigenvalue weighted by molar-refractivity contribution is -0.140. The molecule has 1 aromatic carbocycles. The summed E-state index contributed by atoms with van der Waals surface area (Å²) in [6, 6.07) is 8.13. The Kier molecular flexibility index (Phi) is 8.63. The van der Waals surface area contributed by atoms with Crippen LogP contribution in [0.15, 0.2) is 34.6 Å². The Bertz CT molecular complexity index is 683. The first-order valence-electron chi connectivity index (χ1n) is 7.40. The molecule has 0 aliphatic heterocycles. The number of nitrogens with zero attached hydrogens (tertiary/aromatic N) is 2. The molecule has 2 aromatic rings. The van der Waals surface area contributed by atoms with Gasteiger partial charge in [0.05, 0.1) is 5.01 Å². The van der Waals surface area contributed by atoms with E-state index >= 15 is 0 Å². The molecule has 0 aliphatic rings. The molecule has 0 saturated carbocycles. The van der Waals surface area contributed by atoms with Crippen LogP contribution in [0.2, 0.25) is 0 Å². The molecule has 0 unspecified atom stereocenters.